The highest BCUT2D eigenvalue weighted by Gasteiger charge is 2.33. The molecule has 0 radical (unpaired) electrons. The lowest BCUT2D eigenvalue weighted by Crippen LogP contribution is -2.37. The molecule has 7 heteroatoms. The van der Waals surface area contributed by atoms with E-state index in [4.69, 9.17) is 9.72 Å². The van der Waals surface area contributed by atoms with Crippen molar-refractivity contribution in [3.63, 3.8) is 0 Å². The highest BCUT2D eigenvalue weighted by molar-refractivity contribution is 5.86. The summed E-state index contributed by atoms with van der Waals surface area (Å²) < 4.78 is 7.61. The van der Waals surface area contributed by atoms with Crippen LogP contribution in [0.5, 0.6) is 5.75 Å². The number of fused-ring (bicyclic) bond motifs is 4. The Morgan fingerprint density at radius 3 is 2.94 bits per heavy atom. The number of nitrogens with one attached hydrogen (secondary N) is 1. The van der Waals surface area contributed by atoms with Gasteiger partial charge in [0.2, 0.25) is 5.95 Å². The van der Waals surface area contributed by atoms with Crippen LogP contribution in [0.3, 0.4) is 0 Å². The molecule has 5 aromatic rings. The Labute approximate surface area is 190 Å². The minimum absolute atomic E-state index is 0.0255. The highest BCUT2D eigenvalue weighted by Crippen LogP contribution is 2.41. The summed E-state index contributed by atoms with van der Waals surface area (Å²) in [5.74, 6) is 2.52. The molecule has 0 saturated heterocycles. The number of ether oxygens (including phenoxy) is 1. The normalized spacial score (nSPS) is 17.1. The molecule has 2 aliphatic rings. The van der Waals surface area contributed by atoms with Gasteiger partial charge in [-0.2, -0.15) is 4.98 Å². The van der Waals surface area contributed by atoms with Crippen LogP contribution in [0, 0.1) is 0 Å². The lowest BCUT2D eigenvalue weighted by atomic mass is 9.91. The van der Waals surface area contributed by atoms with Crippen LogP contribution >= 0.6 is 0 Å². The zero-order valence-electron chi connectivity index (χ0n) is 18.0. The number of imidazole rings is 1. The number of nitrogens with zero attached hydrogens (tertiary/aromatic N) is 5. The van der Waals surface area contributed by atoms with Crippen LogP contribution in [0.25, 0.3) is 16.9 Å². The monoisotopic (exact) mass is 434 g/mol. The molecule has 0 amide bonds. The molecule has 1 N–H and O–H groups in total. The van der Waals surface area contributed by atoms with E-state index in [0.29, 0.717) is 5.95 Å². The van der Waals surface area contributed by atoms with Gasteiger partial charge in [0.15, 0.2) is 0 Å². The highest BCUT2D eigenvalue weighted by atomic mass is 16.5. The Morgan fingerprint density at radius 1 is 1.03 bits per heavy atom. The SMILES string of the molecule is c1ccc2c3c([nH]c2c1)C(c1ccc2c(c1)CCO2)N(c1ccnc(-n2ccnc2)n1)CC3. The maximum Gasteiger partial charge on any atom is 0.236 e. The first-order chi connectivity index (χ1) is 16.3. The summed E-state index contributed by atoms with van der Waals surface area (Å²) in [6.45, 7) is 1.62. The van der Waals surface area contributed by atoms with Crippen molar-refractivity contribution >= 4 is 16.7 Å². The van der Waals surface area contributed by atoms with Crippen molar-refractivity contribution in [2.75, 3.05) is 18.1 Å². The summed E-state index contributed by atoms with van der Waals surface area (Å²) in [5, 5.41) is 1.31. The molecule has 7 rings (SSSR count). The van der Waals surface area contributed by atoms with Gasteiger partial charge in [-0.05, 0) is 47.4 Å². The third kappa shape index (κ3) is 2.92. The largest absolute Gasteiger partial charge is 0.493 e. The summed E-state index contributed by atoms with van der Waals surface area (Å²) in [5.41, 5.74) is 6.34. The number of anilines is 1. The molecule has 33 heavy (non-hydrogen) atoms. The number of benzene rings is 2. The van der Waals surface area contributed by atoms with Crippen molar-refractivity contribution in [1.29, 1.82) is 0 Å². The summed E-state index contributed by atoms with van der Waals surface area (Å²) in [6, 6.07) is 17.2. The molecule has 5 heterocycles. The number of H-pyrrole nitrogens is 1. The number of hydrogen-bond acceptors (Lipinski definition) is 5. The van der Waals surface area contributed by atoms with Gasteiger partial charge in [0, 0.05) is 48.2 Å². The summed E-state index contributed by atoms with van der Waals surface area (Å²) in [7, 11) is 0. The lowest BCUT2D eigenvalue weighted by molar-refractivity contribution is 0.357. The molecule has 0 aliphatic carbocycles. The molecule has 7 nitrogen and oxygen atoms in total. The number of aromatic amines is 1. The number of rotatable bonds is 3. The van der Waals surface area contributed by atoms with E-state index in [1.165, 1.54) is 33.3 Å². The fourth-order valence-electron chi connectivity index (χ4n) is 5.21. The average Bonchev–Trinajstić information content (AvgIpc) is 3.62. The van der Waals surface area contributed by atoms with Gasteiger partial charge in [0.25, 0.3) is 0 Å². The zero-order chi connectivity index (χ0) is 21.8. The van der Waals surface area contributed by atoms with Crippen molar-refractivity contribution in [3.8, 4) is 11.7 Å². The van der Waals surface area contributed by atoms with Gasteiger partial charge in [0.1, 0.15) is 17.9 Å². The van der Waals surface area contributed by atoms with Gasteiger partial charge in [-0.15, -0.1) is 0 Å². The minimum Gasteiger partial charge on any atom is -0.493 e. The van der Waals surface area contributed by atoms with Crippen molar-refractivity contribution in [1.82, 2.24) is 24.5 Å². The zero-order valence-corrected chi connectivity index (χ0v) is 18.0. The van der Waals surface area contributed by atoms with E-state index in [2.05, 4.69) is 62.3 Å². The number of para-hydroxylation sites is 1. The van der Waals surface area contributed by atoms with Crippen LogP contribution < -0.4 is 9.64 Å². The topological polar surface area (TPSA) is 71.9 Å². The fourth-order valence-corrected chi connectivity index (χ4v) is 5.21. The van der Waals surface area contributed by atoms with E-state index in [1.54, 1.807) is 12.5 Å². The van der Waals surface area contributed by atoms with Crippen molar-refractivity contribution in [2.45, 2.75) is 18.9 Å². The maximum atomic E-state index is 5.78. The summed E-state index contributed by atoms with van der Waals surface area (Å²) in [6.07, 6.45) is 9.06. The van der Waals surface area contributed by atoms with Crippen LogP contribution in [0.15, 0.2) is 73.4 Å². The minimum atomic E-state index is 0.0255. The Kier molecular flexibility index (Phi) is 4.02. The second kappa shape index (κ2) is 7.20. The van der Waals surface area contributed by atoms with Crippen molar-refractivity contribution in [2.24, 2.45) is 0 Å². The average molecular weight is 435 g/mol. The van der Waals surface area contributed by atoms with Crippen LogP contribution in [0.4, 0.5) is 5.82 Å². The number of hydrogen-bond donors (Lipinski definition) is 1. The van der Waals surface area contributed by atoms with Crippen molar-refractivity contribution < 1.29 is 4.74 Å². The van der Waals surface area contributed by atoms with Gasteiger partial charge in [-0.1, -0.05) is 24.3 Å². The van der Waals surface area contributed by atoms with E-state index in [1.807, 2.05) is 23.0 Å². The van der Waals surface area contributed by atoms with Crippen LogP contribution in [-0.2, 0) is 12.8 Å². The second-order valence-corrected chi connectivity index (χ2v) is 8.56. The van der Waals surface area contributed by atoms with Gasteiger partial charge in [0.05, 0.1) is 12.6 Å². The van der Waals surface area contributed by atoms with Gasteiger partial charge in [-0.3, -0.25) is 4.57 Å². The fraction of sp³-hybridized carbons (Fsp3) is 0.192. The number of aromatic nitrogens is 5. The van der Waals surface area contributed by atoms with Gasteiger partial charge in [-0.25, -0.2) is 9.97 Å². The maximum absolute atomic E-state index is 5.78. The molecular formula is C26H22N6O. The predicted molar refractivity (Wildman–Crippen MR) is 126 cm³/mol. The summed E-state index contributed by atoms with van der Waals surface area (Å²) >= 11 is 0. The Balaban J connectivity index is 1.40. The quantitative estimate of drug-likeness (QED) is 0.460. The van der Waals surface area contributed by atoms with Crippen LogP contribution in [-0.4, -0.2) is 37.7 Å². The third-order valence-electron chi connectivity index (χ3n) is 6.72. The predicted octanol–water partition coefficient (Wildman–Crippen LogP) is 4.23. The van der Waals surface area contributed by atoms with Crippen LogP contribution in [0.2, 0.25) is 0 Å². The molecular weight excluding hydrogens is 412 g/mol. The van der Waals surface area contributed by atoms with E-state index < -0.39 is 0 Å². The van der Waals surface area contributed by atoms with E-state index in [-0.39, 0.29) is 6.04 Å². The lowest BCUT2D eigenvalue weighted by Gasteiger charge is -2.37. The van der Waals surface area contributed by atoms with Crippen molar-refractivity contribution in [3.05, 3.63) is 95.8 Å². The molecule has 0 spiro atoms. The van der Waals surface area contributed by atoms with Gasteiger partial charge < -0.3 is 14.6 Å². The molecule has 162 valence electrons. The molecule has 3 aromatic heterocycles. The second-order valence-electron chi connectivity index (χ2n) is 8.56. The first-order valence-electron chi connectivity index (χ1n) is 11.3. The molecule has 2 aliphatic heterocycles. The Hall–Kier alpha value is -4.13. The summed E-state index contributed by atoms with van der Waals surface area (Å²) in [4.78, 5) is 19.6. The van der Waals surface area contributed by atoms with Crippen LogP contribution in [0.1, 0.15) is 28.4 Å². The Bertz CT molecular complexity index is 1470. The van der Waals surface area contributed by atoms with E-state index in [9.17, 15) is 0 Å². The van der Waals surface area contributed by atoms with E-state index >= 15 is 0 Å². The Morgan fingerprint density at radius 2 is 2.00 bits per heavy atom. The molecule has 2 aromatic carbocycles. The van der Waals surface area contributed by atoms with Gasteiger partial charge >= 0.3 is 0 Å². The molecule has 1 unspecified atom stereocenters. The first-order valence-corrected chi connectivity index (χ1v) is 11.3. The molecule has 0 bridgehead atoms. The van der Waals surface area contributed by atoms with E-state index in [0.717, 1.165) is 37.6 Å². The third-order valence-corrected chi connectivity index (χ3v) is 6.72. The molecule has 0 fully saturated rings. The molecule has 1 atom stereocenters. The standard InChI is InChI=1S/C26H22N6O/c1-2-4-21-19(3-1)20-8-12-32(23-7-10-28-26(30-23)31-13-11-27-16-31)25(24(20)29-21)18-5-6-22-17(15-18)9-14-33-22/h1-7,10-11,13,15-16,25,29H,8-9,12,14H2. The molecule has 0 saturated carbocycles. The first kappa shape index (κ1) is 18.4. The smallest absolute Gasteiger partial charge is 0.236 e.